The molecule has 2 aromatic carbocycles. The second-order valence-electron chi connectivity index (χ2n) is 13.1. The van der Waals surface area contributed by atoms with Crippen molar-refractivity contribution >= 4 is 51.5 Å². The Bertz CT molecular complexity index is 2330. The Morgan fingerprint density at radius 1 is 0.959 bits per heavy atom. The van der Waals surface area contributed by atoms with Gasteiger partial charge in [0.1, 0.15) is 11.2 Å². The predicted octanol–water partition coefficient (Wildman–Crippen LogP) is 5.37. The summed E-state index contributed by atoms with van der Waals surface area (Å²) in [7, 11) is 4.69. The van der Waals surface area contributed by atoms with E-state index in [1.54, 1.807) is 26.3 Å². The number of aromatic nitrogens is 4. The summed E-state index contributed by atoms with van der Waals surface area (Å²) in [6.45, 7) is 1.67. The van der Waals surface area contributed by atoms with Crippen molar-refractivity contribution in [2.45, 2.75) is 37.3 Å². The number of hydrogen-bond acceptors (Lipinski definition) is 8. The van der Waals surface area contributed by atoms with Crippen LogP contribution >= 0.6 is 23.2 Å². The van der Waals surface area contributed by atoms with Crippen LogP contribution in [0.5, 0.6) is 5.88 Å². The first-order chi connectivity index (χ1) is 23.6. The highest BCUT2D eigenvalue weighted by Gasteiger charge is 2.51. The summed E-state index contributed by atoms with van der Waals surface area (Å²) in [6.07, 6.45) is 4.87. The van der Waals surface area contributed by atoms with E-state index >= 15 is 0 Å². The highest BCUT2D eigenvalue weighted by Crippen LogP contribution is 2.48. The summed E-state index contributed by atoms with van der Waals surface area (Å²) in [5.74, 6) is 1.01. The minimum Gasteiger partial charge on any atom is -0.481 e. The van der Waals surface area contributed by atoms with Gasteiger partial charge in [0.05, 0.1) is 39.6 Å². The lowest BCUT2D eigenvalue weighted by Crippen LogP contribution is -2.67. The van der Waals surface area contributed by atoms with Crippen molar-refractivity contribution < 1.29 is 9.53 Å². The monoisotopic (exact) mass is 697 g/mol. The number of benzene rings is 2. The number of nitrogens with one attached hydrogen (secondary N) is 2. The van der Waals surface area contributed by atoms with E-state index in [1.807, 2.05) is 30.3 Å². The molecule has 1 spiro atoms. The number of carbonyl (C=O) groups excluding carboxylic acids is 1. The van der Waals surface area contributed by atoms with Crippen molar-refractivity contribution in [1.82, 2.24) is 29.3 Å². The molecule has 2 N–H and O–H groups in total. The van der Waals surface area contributed by atoms with E-state index in [-0.39, 0.29) is 28.7 Å². The molecule has 13 heteroatoms. The molecule has 250 valence electrons. The maximum absolute atomic E-state index is 13.1. The molecule has 8 rings (SSSR count). The van der Waals surface area contributed by atoms with Crippen LogP contribution in [0.1, 0.15) is 36.4 Å². The number of likely N-dealkylation sites (tertiary alicyclic amines) is 1. The molecule has 0 radical (unpaired) electrons. The van der Waals surface area contributed by atoms with Crippen LogP contribution in [0.4, 0.5) is 11.5 Å². The van der Waals surface area contributed by atoms with Crippen molar-refractivity contribution in [3.63, 3.8) is 0 Å². The summed E-state index contributed by atoms with van der Waals surface area (Å²) in [5, 5.41) is 7.54. The lowest BCUT2D eigenvalue weighted by molar-refractivity contribution is -0.121. The second-order valence-corrected chi connectivity index (χ2v) is 13.9. The molecular formula is C36H33Cl2N7O4. The normalized spacial score (nSPS) is 18.1. The Kier molecular flexibility index (Phi) is 7.54. The number of methoxy groups -OCH3 is 1. The third kappa shape index (κ3) is 5.02. The number of hydrogen-bond donors (Lipinski definition) is 2. The van der Waals surface area contributed by atoms with Gasteiger partial charge < -0.3 is 15.4 Å². The number of amides is 1. The highest BCUT2D eigenvalue weighted by atomic mass is 35.5. The van der Waals surface area contributed by atoms with Gasteiger partial charge in [-0.2, -0.15) is 0 Å². The maximum atomic E-state index is 13.1. The van der Waals surface area contributed by atoms with E-state index in [0.717, 1.165) is 48.0 Å². The zero-order valence-corrected chi connectivity index (χ0v) is 28.7. The number of halogens is 2. The number of anilines is 2. The SMILES string of the molecule is COc1nc(-c2cccc(-c3cccc(Nc4nccc5c4c(=O)n(C)c(=O)n5C)c3Cl)c2Cl)cc2c1[C@@H](N1CC3(CCC(=O)N3)C1)CC2. The first-order valence-electron chi connectivity index (χ1n) is 16.1. The predicted molar refractivity (Wildman–Crippen MR) is 190 cm³/mol. The first kappa shape index (κ1) is 31.6. The molecule has 2 aliphatic heterocycles. The summed E-state index contributed by atoms with van der Waals surface area (Å²) >= 11 is 14.2. The van der Waals surface area contributed by atoms with Gasteiger partial charge in [-0.1, -0.05) is 53.5 Å². The molecule has 0 bridgehead atoms. The third-order valence-electron chi connectivity index (χ3n) is 10.2. The molecule has 0 unspecified atom stereocenters. The largest absolute Gasteiger partial charge is 0.481 e. The van der Waals surface area contributed by atoms with Gasteiger partial charge >= 0.3 is 5.69 Å². The van der Waals surface area contributed by atoms with Crippen LogP contribution < -0.4 is 26.6 Å². The van der Waals surface area contributed by atoms with Gasteiger partial charge in [0, 0.05) is 68.1 Å². The van der Waals surface area contributed by atoms with E-state index in [1.165, 1.54) is 23.4 Å². The minimum atomic E-state index is -0.462. The summed E-state index contributed by atoms with van der Waals surface area (Å²) in [5.41, 5.74) is 5.12. The molecule has 3 aromatic heterocycles. The number of aryl methyl sites for hydroxylation is 2. The highest BCUT2D eigenvalue weighted by molar-refractivity contribution is 6.39. The number of pyridine rings is 2. The summed E-state index contributed by atoms with van der Waals surface area (Å²) < 4.78 is 8.34. The Labute approximate surface area is 291 Å². The molecule has 1 amide bonds. The Hall–Kier alpha value is -4.71. The molecule has 5 heterocycles. The van der Waals surface area contributed by atoms with Crippen LogP contribution in [0.2, 0.25) is 10.0 Å². The van der Waals surface area contributed by atoms with E-state index < -0.39 is 11.2 Å². The first-order valence-corrected chi connectivity index (χ1v) is 16.9. The summed E-state index contributed by atoms with van der Waals surface area (Å²) in [4.78, 5) is 49.3. The fraction of sp³-hybridized carbons (Fsp3) is 0.306. The van der Waals surface area contributed by atoms with E-state index in [2.05, 4.69) is 26.6 Å². The Morgan fingerprint density at radius 3 is 2.43 bits per heavy atom. The molecule has 0 saturated carbocycles. The Morgan fingerprint density at radius 2 is 1.69 bits per heavy atom. The number of ether oxygens (including phenoxy) is 1. The fourth-order valence-corrected chi connectivity index (χ4v) is 8.32. The van der Waals surface area contributed by atoms with Crippen LogP contribution in [0, 0.1) is 0 Å². The number of nitrogens with zero attached hydrogens (tertiary/aromatic N) is 5. The molecular weight excluding hydrogens is 665 g/mol. The van der Waals surface area contributed by atoms with Gasteiger partial charge in [-0.15, -0.1) is 0 Å². The van der Waals surface area contributed by atoms with Crippen LogP contribution in [0.3, 0.4) is 0 Å². The quantitative estimate of drug-likeness (QED) is 0.243. The average molecular weight is 699 g/mol. The van der Waals surface area contributed by atoms with Crippen LogP contribution in [0.25, 0.3) is 33.3 Å². The molecule has 1 atom stereocenters. The van der Waals surface area contributed by atoms with E-state index in [9.17, 15) is 14.4 Å². The van der Waals surface area contributed by atoms with Crippen molar-refractivity contribution in [2.24, 2.45) is 14.1 Å². The lowest BCUT2D eigenvalue weighted by atomic mass is 9.86. The zero-order chi connectivity index (χ0) is 34.2. The molecule has 2 saturated heterocycles. The van der Waals surface area contributed by atoms with E-state index in [0.29, 0.717) is 50.4 Å². The van der Waals surface area contributed by atoms with Crippen molar-refractivity contribution in [3.05, 3.63) is 96.7 Å². The van der Waals surface area contributed by atoms with Gasteiger partial charge in [0.2, 0.25) is 11.8 Å². The molecule has 3 aliphatic rings. The molecule has 2 fully saturated rings. The molecule has 1 aliphatic carbocycles. The Balaban J connectivity index is 1.13. The zero-order valence-electron chi connectivity index (χ0n) is 27.1. The van der Waals surface area contributed by atoms with Crippen molar-refractivity contribution in [3.8, 4) is 28.3 Å². The van der Waals surface area contributed by atoms with Gasteiger partial charge in [-0.3, -0.25) is 23.6 Å². The molecule has 49 heavy (non-hydrogen) atoms. The number of carbonyl (C=O) groups is 1. The van der Waals surface area contributed by atoms with Gasteiger partial charge in [-0.25, -0.2) is 14.8 Å². The van der Waals surface area contributed by atoms with Crippen molar-refractivity contribution in [2.75, 3.05) is 25.5 Å². The van der Waals surface area contributed by atoms with Crippen LogP contribution in [-0.4, -0.2) is 55.6 Å². The smallest absolute Gasteiger partial charge is 0.330 e. The standard InChI is InChI=1S/C36H33Cl2N7O4/c1-43-25-13-15-39-32(29(25)34(47)44(2)35(43)48)40-23-9-5-7-21(31(23)38)20-6-4-8-22(30(20)37)24-16-19-10-11-26(28(19)33(41-24)49-3)45-17-36(18-45)14-12-27(46)42-36/h4-9,13,15-16,26H,10-12,14,17-18H2,1-3H3,(H,39,40)(H,42,46)/t26-/m0/s1. The average Bonchev–Trinajstić information content (AvgIpc) is 3.70. The fourth-order valence-electron chi connectivity index (χ4n) is 7.72. The van der Waals surface area contributed by atoms with Gasteiger partial charge in [0.25, 0.3) is 5.56 Å². The maximum Gasteiger partial charge on any atom is 0.330 e. The lowest BCUT2D eigenvalue weighted by Gasteiger charge is -2.50. The molecule has 11 nitrogen and oxygen atoms in total. The van der Waals surface area contributed by atoms with Gasteiger partial charge in [0.15, 0.2) is 0 Å². The van der Waals surface area contributed by atoms with Crippen LogP contribution in [-0.2, 0) is 25.3 Å². The minimum absolute atomic E-state index is 0.0925. The topological polar surface area (TPSA) is 123 Å². The second kappa shape index (κ2) is 11.7. The molecule has 5 aromatic rings. The number of rotatable bonds is 6. The van der Waals surface area contributed by atoms with Gasteiger partial charge in [-0.05, 0) is 43.0 Å². The summed E-state index contributed by atoms with van der Waals surface area (Å²) in [6, 6.07) is 15.2. The number of fused-ring (bicyclic) bond motifs is 2. The van der Waals surface area contributed by atoms with E-state index in [4.69, 9.17) is 32.9 Å². The third-order valence-corrected chi connectivity index (χ3v) is 11.0. The van der Waals surface area contributed by atoms with Crippen molar-refractivity contribution in [1.29, 1.82) is 0 Å². The van der Waals surface area contributed by atoms with Crippen LogP contribution in [0.15, 0.2) is 64.3 Å².